The summed E-state index contributed by atoms with van der Waals surface area (Å²) in [5.41, 5.74) is 1.79. The Kier molecular flexibility index (Phi) is 5.83. The molecular weight excluding hydrogens is 386 g/mol. The van der Waals surface area contributed by atoms with Crippen LogP contribution in [0.3, 0.4) is 0 Å². The lowest BCUT2D eigenvalue weighted by Crippen LogP contribution is -2.30. The molecule has 3 heterocycles. The minimum Gasteiger partial charge on any atom is -0.491 e. The summed E-state index contributed by atoms with van der Waals surface area (Å²) in [5.74, 6) is 2.74. The maximum Gasteiger partial charge on any atom is 0.256 e. The molecule has 2 aromatic rings. The Morgan fingerprint density at radius 3 is 2.87 bits per heavy atom. The Bertz CT molecular complexity index is 920. The Morgan fingerprint density at radius 1 is 1.23 bits per heavy atom. The Hall–Kier alpha value is -3.16. The minimum absolute atomic E-state index is 0.000689. The Labute approximate surface area is 176 Å². The molecule has 0 aliphatic carbocycles. The van der Waals surface area contributed by atoms with E-state index in [0.29, 0.717) is 37.7 Å². The van der Waals surface area contributed by atoms with Gasteiger partial charge in [0.1, 0.15) is 24.2 Å². The highest BCUT2D eigenvalue weighted by atomic mass is 16.5. The van der Waals surface area contributed by atoms with Crippen LogP contribution in [0.5, 0.6) is 23.1 Å². The summed E-state index contributed by atoms with van der Waals surface area (Å²) in [6.07, 6.45) is 3.12. The maximum atomic E-state index is 11.9. The first kappa shape index (κ1) is 20.1. The molecule has 1 amide bonds. The predicted octanol–water partition coefficient (Wildman–Crippen LogP) is 3.02. The summed E-state index contributed by atoms with van der Waals surface area (Å²) in [6.45, 7) is 4.50. The number of aromatic nitrogens is 1. The van der Waals surface area contributed by atoms with E-state index in [2.05, 4.69) is 9.88 Å². The number of anilines is 2. The van der Waals surface area contributed by atoms with E-state index in [1.54, 1.807) is 20.4 Å². The number of methoxy groups -OCH3 is 2. The second kappa shape index (κ2) is 8.69. The van der Waals surface area contributed by atoms with Crippen LogP contribution in [0.1, 0.15) is 19.8 Å². The van der Waals surface area contributed by atoms with Gasteiger partial charge < -0.3 is 28.7 Å². The lowest BCUT2D eigenvalue weighted by molar-refractivity contribution is -0.130. The molecule has 1 aromatic heterocycles. The summed E-state index contributed by atoms with van der Waals surface area (Å²) in [6, 6.07) is 7.73. The van der Waals surface area contributed by atoms with Crippen LogP contribution in [0.25, 0.3) is 0 Å². The molecule has 1 fully saturated rings. The van der Waals surface area contributed by atoms with E-state index >= 15 is 0 Å². The zero-order chi connectivity index (χ0) is 21.1. The van der Waals surface area contributed by atoms with E-state index in [1.807, 2.05) is 36.1 Å². The summed E-state index contributed by atoms with van der Waals surface area (Å²) in [4.78, 5) is 20.3. The molecule has 1 aromatic carbocycles. The van der Waals surface area contributed by atoms with Crippen molar-refractivity contribution in [1.82, 2.24) is 9.88 Å². The molecule has 160 valence electrons. The minimum atomic E-state index is -0.000689. The monoisotopic (exact) mass is 413 g/mol. The molecule has 2 aliphatic heterocycles. The van der Waals surface area contributed by atoms with Crippen LogP contribution in [0.2, 0.25) is 0 Å². The van der Waals surface area contributed by atoms with Crippen LogP contribution in [0, 0.1) is 0 Å². The molecule has 8 heteroatoms. The van der Waals surface area contributed by atoms with Crippen molar-refractivity contribution in [1.29, 1.82) is 0 Å². The fraction of sp³-hybridized carbons (Fsp3) is 0.455. The van der Waals surface area contributed by atoms with E-state index in [9.17, 15) is 4.79 Å². The number of rotatable bonds is 6. The number of likely N-dealkylation sites (tertiary alicyclic amines) is 1. The van der Waals surface area contributed by atoms with Gasteiger partial charge in [0.05, 0.1) is 44.9 Å². The van der Waals surface area contributed by atoms with Gasteiger partial charge in [0.25, 0.3) is 5.88 Å². The first-order chi connectivity index (χ1) is 14.6. The topological polar surface area (TPSA) is 73.4 Å². The number of hydrogen-bond acceptors (Lipinski definition) is 7. The van der Waals surface area contributed by atoms with Gasteiger partial charge >= 0.3 is 0 Å². The lowest BCUT2D eigenvalue weighted by atomic mass is 10.2. The fourth-order valence-electron chi connectivity index (χ4n) is 3.87. The second-order valence-corrected chi connectivity index (χ2v) is 7.26. The van der Waals surface area contributed by atoms with E-state index in [-0.39, 0.29) is 12.0 Å². The molecule has 0 saturated carbocycles. The van der Waals surface area contributed by atoms with Crippen LogP contribution in [-0.4, -0.2) is 62.4 Å². The smallest absolute Gasteiger partial charge is 0.256 e. The number of ether oxygens (including phenoxy) is 4. The highest BCUT2D eigenvalue weighted by Crippen LogP contribution is 2.41. The van der Waals surface area contributed by atoms with Crippen molar-refractivity contribution in [2.75, 3.05) is 45.4 Å². The normalized spacial score (nSPS) is 17.9. The molecule has 1 unspecified atom stereocenters. The van der Waals surface area contributed by atoms with Gasteiger partial charge in [0, 0.05) is 31.5 Å². The lowest BCUT2D eigenvalue weighted by Gasteiger charge is -2.31. The largest absolute Gasteiger partial charge is 0.491 e. The number of fused-ring (bicyclic) bond motifs is 1. The van der Waals surface area contributed by atoms with E-state index in [0.717, 1.165) is 35.8 Å². The number of carbonyl (C=O) groups excluding carboxylic acids is 1. The third kappa shape index (κ3) is 3.94. The number of pyridine rings is 1. The van der Waals surface area contributed by atoms with Gasteiger partial charge in [0.15, 0.2) is 5.75 Å². The SMILES string of the molecule is CCC(=O)N1CCC(Oc2ccc3c(c2)N(c2cnc(OC)c(OC)c2)CCO3)C1. The van der Waals surface area contributed by atoms with Gasteiger partial charge in [0.2, 0.25) is 5.91 Å². The summed E-state index contributed by atoms with van der Waals surface area (Å²) >= 11 is 0. The van der Waals surface area contributed by atoms with Gasteiger partial charge in [-0.1, -0.05) is 6.92 Å². The van der Waals surface area contributed by atoms with Crippen LogP contribution in [0.4, 0.5) is 11.4 Å². The van der Waals surface area contributed by atoms with Crippen molar-refractivity contribution in [3.63, 3.8) is 0 Å². The Balaban J connectivity index is 1.56. The van der Waals surface area contributed by atoms with Crippen molar-refractivity contribution < 1.29 is 23.7 Å². The van der Waals surface area contributed by atoms with Gasteiger partial charge in [-0.2, -0.15) is 0 Å². The molecule has 0 spiro atoms. The van der Waals surface area contributed by atoms with Crippen LogP contribution >= 0.6 is 0 Å². The molecule has 0 radical (unpaired) electrons. The first-order valence-electron chi connectivity index (χ1n) is 10.2. The standard InChI is InChI=1S/C22H27N3O5/c1-4-21(26)24-8-7-17(14-24)30-16-5-6-19-18(12-16)25(9-10-29-19)15-11-20(27-2)22(28-3)23-13-15/h5-6,11-13,17H,4,7-10,14H2,1-3H3. The van der Waals surface area contributed by atoms with Crippen LogP contribution < -0.4 is 23.8 Å². The summed E-state index contributed by atoms with van der Waals surface area (Å²) < 4.78 is 22.7. The van der Waals surface area contributed by atoms with E-state index < -0.39 is 0 Å². The average Bonchev–Trinajstić information content (AvgIpc) is 3.26. The quantitative estimate of drug-likeness (QED) is 0.721. The molecule has 2 aliphatic rings. The van der Waals surface area contributed by atoms with Crippen molar-refractivity contribution in [2.45, 2.75) is 25.9 Å². The number of hydrogen-bond donors (Lipinski definition) is 0. The number of benzene rings is 1. The van der Waals surface area contributed by atoms with Crippen molar-refractivity contribution in [3.05, 3.63) is 30.5 Å². The molecule has 0 N–H and O–H groups in total. The zero-order valence-electron chi connectivity index (χ0n) is 17.6. The molecule has 1 atom stereocenters. The average molecular weight is 413 g/mol. The molecular formula is C22H27N3O5. The van der Waals surface area contributed by atoms with Crippen LogP contribution in [0.15, 0.2) is 30.5 Å². The second-order valence-electron chi connectivity index (χ2n) is 7.26. The zero-order valence-corrected chi connectivity index (χ0v) is 17.6. The number of nitrogens with zero attached hydrogens (tertiary/aromatic N) is 3. The third-order valence-electron chi connectivity index (χ3n) is 5.43. The highest BCUT2D eigenvalue weighted by Gasteiger charge is 2.28. The van der Waals surface area contributed by atoms with Crippen LogP contribution in [-0.2, 0) is 4.79 Å². The molecule has 8 nitrogen and oxygen atoms in total. The molecule has 1 saturated heterocycles. The Morgan fingerprint density at radius 2 is 2.10 bits per heavy atom. The number of amides is 1. The summed E-state index contributed by atoms with van der Waals surface area (Å²) in [7, 11) is 3.16. The van der Waals surface area contributed by atoms with Crippen molar-refractivity contribution in [3.8, 4) is 23.1 Å². The predicted molar refractivity (Wildman–Crippen MR) is 112 cm³/mol. The van der Waals surface area contributed by atoms with E-state index in [4.69, 9.17) is 18.9 Å². The van der Waals surface area contributed by atoms with Gasteiger partial charge in [-0.3, -0.25) is 4.79 Å². The summed E-state index contributed by atoms with van der Waals surface area (Å²) in [5, 5.41) is 0. The highest BCUT2D eigenvalue weighted by molar-refractivity contribution is 5.76. The van der Waals surface area contributed by atoms with Gasteiger partial charge in [-0.25, -0.2) is 4.98 Å². The first-order valence-corrected chi connectivity index (χ1v) is 10.2. The number of carbonyl (C=O) groups is 1. The maximum absolute atomic E-state index is 11.9. The molecule has 4 rings (SSSR count). The van der Waals surface area contributed by atoms with E-state index in [1.165, 1.54) is 0 Å². The van der Waals surface area contributed by atoms with Gasteiger partial charge in [-0.15, -0.1) is 0 Å². The fourth-order valence-corrected chi connectivity index (χ4v) is 3.87. The van der Waals surface area contributed by atoms with Gasteiger partial charge in [-0.05, 0) is 12.1 Å². The van der Waals surface area contributed by atoms with Crippen molar-refractivity contribution in [2.24, 2.45) is 0 Å². The molecule has 0 bridgehead atoms. The third-order valence-corrected chi connectivity index (χ3v) is 5.43. The van der Waals surface area contributed by atoms with Crippen molar-refractivity contribution >= 4 is 17.3 Å². The molecule has 30 heavy (non-hydrogen) atoms.